The van der Waals surface area contributed by atoms with Crippen LogP contribution in [0.4, 0.5) is 5.82 Å². The summed E-state index contributed by atoms with van der Waals surface area (Å²) in [6.45, 7) is 3.22. The van der Waals surface area contributed by atoms with E-state index in [1.807, 2.05) is 0 Å². The molecule has 0 bridgehead atoms. The maximum Gasteiger partial charge on any atom is 0.160 e. The van der Waals surface area contributed by atoms with E-state index in [1.54, 1.807) is 12.5 Å². The predicted octanol–water partition coefficient (Wildman–Crippen LogP) is 3.52. The zero-order chi connectivity index (χ0) is 13.3. The van der Waals surface area contributed by atoms with Gasteiger partial charge in [0.15, 0.2) is 5.65 Å². The molecule has 2 N–H and O–H groups in total. The monoisotopic (exact) mass is 261 g/mol. The van der Waals surface area contributed by atoms with Crippen molar-refractivity contribution in [3.05, 3.63) is 12.5 Å². The number of hydrogen-bond acceptors (Lipinski definition) is 4. The van der Waals surface area contributed by atoms with Gasteiger partial charge in [-0.3, -0.25) is 5.10 Å². The lowest BCUT2D eigenvalue weighted by molar-refractivity contribution is 0.596. The number of hydrogen-bond donors (Lipinski definition) is 2. The number of aromatic amines is 1. The molecule has 2 aromatic rings. The van der Waals surface area contributed by atoms with Gasteiger partial charge in [-0.2, -0.15) is 5.10 Å². The van der Waals surface area contributed by atoms with E-state index in [4.69, 9.17) is 0 Å². The molecule has 2 heterocycles. The van der Waals surface area contributed by atoms with E-state index in [2.05, 4.69) is 32.4 Å². The minimum atomic E-state index is 0.789. The quantitative estimate of drug-likeness (QED) is 0.678. The zero-order valence-corrected chi connectivity index (χ0v) is 11.7. The van der Waals surface area contributed by atoms with Crippen molar-refractivity contribution in [2.75, 3.05) is 11.9 Å². The number of rotatable bonds is 9. The molecule has 0 atom stereocenters. The lowest BCUT2D eigenvalue weighted by atomic mass is 10.1. The Labute approximate surface area is 114 Å². The first-order chi connectivity index (χ1) is 9.42. The van der Waals surface area contributed by atoms with E-state index >= 15 is 0 Å². The summed E-state index contributed by atoms with van der Waals surface area (Å²) in [6.07, 6.45) is 12.6. The van der Waals surface area contributed by atoms with Crippen LogP contribution < -0.4 is 5.32 Å². The van der Waals surface area contributed by atoms with Crippen LogP contribution in [0.3, 0.4) is 0 Å². The van der Waals surface area contributed by atoms with Crippen LogP contribution in [0.2, 0.25) is 0 Å². The molecule has 0 saturated carbocycles. The largest absolute Gasteiger partial charge is 0.369 e. The smallest absolute Gasteiger partial charge is 0.160 e. The van der Waals surface area contributed by atoms with Crippen LogP contribution in [-0.2, 0) is 0 Å². The van der Waals surface area contributed by atoms with Gasteiger partial charge in [-0.05, 0) is 6.42 Å². The SMILES string of the molecule is CCCCCCCCCNc1ncnc2[nH]ncc12. The zero-order valence-electron chi connectivity index (χ0n) is 11.7. The van der Waals surface area contributed by atoms with Crippen LogP contribution in [0, 0.1) is 0 Å². The number of H-pyrrole nitrogens is 1. The van der Waals surface area contributed by atoms with Crippen molar-refractivity contribution in [2.24, 2.45) is 0 Å². The van der Waals surface area contributed by atoms with Crippen LogP contribution in [0.5, 0.6) is 0 Å². The van der Waals surface area contributed by atoms with Crippen LogP contribution >= 0.6 is 0 Å². The summed E-state index contributed by atoms with van der Waals surface area (Å²) >= 11 is 0. The van der Waals surface area contributed by atoms with Crippen LogP contribution in [-0.4, -0.2) is 26.7 Å². The Hall–Kier alpha value is -1.65. The van der Waals surface area contributed by atoms with Crippen molar-refractivity contribution in [2.45, 2.75) is 51.9 Å². The highest BCUT2D eigenvalue weighted by molar-refractivity contribution is 5.85. The third kappa shape index (κ3) is 4.19. The first-order valence-corrected chi connectivity index (χ1v) is 7.29. The van der Waals surface area contributed by atoms with Crippen LogP contribution in [0.15, 0.2) is 12.5 Å². The number of nitrogens with one attached hydrogen (secondary N) is 2. The maximum atomic E-state index is 4.26. The van der Waals surface area contributed by atoms with Gasteiger partial charge in [0.05, 0.1) is 11.6 Å². The van der Waals surface area contributed by atoms with Crippen molar-refractivity contribution in [3.8, 4) is 0 Å². The fourth-order valence-electron chi connectivity index (χ4n) is 2.19. The number of anilines is 1. The van der Waals surface area contributed by atoms with Crippen molar-refractivity contribution in [1.29, 1.82) is 0 Å². The average Bonchev–Trinajstić information content (AvgIpc) is 2.91. The lowest BCUT2D eigenvalue weighted by Crippen LogP contribution is -2.03. The molecular formula is C14H23N5. The minimum absolute atomic E-state index is 0.789. The Morgan fingerprint density at radius 3 is 2.68 bits per heavy atom. The molecule has 2 aromatic heterocycles. The summed E-state index contributed by atoms with van der Waals surface area (Å²) < 4.78 is 0. The average molecular weight is 261 g/mol. The molecule has 19 heavy (non-hydrogen) atoms. The van der Waals surface area contributed by atoms with Crippen molar-refractivity contribution in [3.63, 3.8) is 0 Å². The number of nitrogens with zero attached hydrogens (tertiary/aromatic N) is 3. The molecule has 0 radical (unpaired) electrons. The normalized spacial score (nSPS) is 11.0. The first-order valence-electron chi connectivity index (χ1n) is 7.29. The highest BCUT2D eigenvalue weighted by Gasteiger charge is 2.03. The van der Waals surface area contributed by atoms with E-state index < -0.39 is 0 Å². The number of aromatic nitrogens is 4. The second-order valence-electron chi connectivity index (χ2n) is 4.90. The van der Waals surface area contributed by atoms with Gasteiger partial charge in [-0.25, -0.2) is 9.97 Å². The third-order valence-electron chi connectivity index (χ3n) is 3.32. The molecule has 5 heteroatoms. The Morgan fingerprint density at radius 1 is 1.05 bits per heavy atom. The first kappa shape index (κ1) is 13.8. The van der Waals surface area contributed by atoms with E-state index in [0.717, 1.165) is 23.4 Å². The fourth-order valence-corrected chi connectivity index (χ4v) is 2.19. The molecule has 0 spiro atoms. The molecule has 0 saturated heterocycles. The molecule has 0 unspecified atom stereocenters. The topological polar surface area (TPSA) is 66.5 Å². The van der Waals surface area contributed by atoms with Gasteiger partial charge in [0.2, 0.25) is 0 Å². The van der Waals surface area contributed by atoms with Gasteiger partial charge in [0, 0.05) is 6.54 Å². The molecule has 104 valence electrons. The highest BCUT2D eigenvalue weighted by Crippen LogP contribution is 2.16. The molecule has 0 fully saturated rings. The molecule has 0 aromatic carbocycles. The Morgan fingerprint density at radius 2 is 1.84 bits per heavy atom. The summed E-state index contributed by atoms with van der Waals surface area (Å²) in [5.41, 5.74) is 0.789. The Balaban J connectivity index is 1.64. The minimum Gasteiger partial charge on any atom is -0.369 e. The predicted molar refractivity (Wildman–Crippen MR) is 78.2 cm³/mol. The van der Waals surface area contributed by atoms with Crippen molar-refractivity contribution in [1.82, 2.24) is 20.2 Å². The molecule has 0 aliphatic carbocycles. The lowest BCUT2D eigenvalue weighted by Gasteiger charge is -2.05. The van der Waals surface area contributed by atoms with Gasteiger partial charge in [0.1, 0.15) is 12.1 Å². The van der Waals surface area contributed by atoms with Gasteiger partial charge in [0.25, 0.3) is 0 Å². The summed E-state index contributed by atoms with van der Waals surface area (Å²) in [6, 6.07) is 0. The number of fused-ring (bicyclic) bond motifs is 1. The third-order valence-corrected chi connectivity index (χ3v) is 3.32. The summed E-state index contributed by atoms with van der Waals surface area (Å²) in [4.78, 5) is 8.37. The van der Waals surface area contributed by atoms with Crippen molar-refractivity contribution >= 4 is 16.9 Å². The molecule has 0 amide bonds. The number of unbranched alkanes of at least 4 members (excludes halogenated alkanes) is 6. The molecule has 0 aliphatic rings. The highest BCUT2D eigenvalue weighted by atomic mass is 15.2. The maximum absolute atomic E-state index is 4.26. The van der Waals surface area contributed by atoms with E-state index in [0.29, 0.717) is 0 Å². The Kier molecular flexibility index (Phi) is 5.59. The molecule has 0 aliphatic heterocycles. The molecule has 5 nitrogen and oxygen atoms in total. The summed E-state index contributed by atoms with van der Waals surface area (Å²) in [5, 5.41) is 11.2. The fraction of sp³-hybridized carbons (Fsp3) is 0.643. The molecular weight excluding hydrogens is 238 g/mol. The van der Waals surface area contributed by atoms with E-state index in [1.165, 1.54) is 44.9 Å². The van der Waals surface area contributed by atoms with E-state index in [-0.39, 0.29) is 0 Å². The van der Waals surface area contributed by atoms with Gasteiger partial charge in [-0.15, -0.1) is 0 Å². The second kappa shape index (κ2) is 7.71. The van der Waals surface area contributed by atoms with Gasteiger partial charge in [-0.1, -0.05) is 45.4 Å². The molecule has 2 rings (SSSR count). The van der Waals surface area contributed by atoms with Gasteiger partial charge >= 0.3 is 0 Å². The van der Waals surface area contributed by atoms with Gasteiger partial charge < -0.3 is 5.32 Å². The second-order valence-corrected chi connectivity index (χ2v) is 4.90. The van der Waals surface area contributed by atoms with Crippen LogP contribution in [0.1, 0.15) is 51.9 Å². The summed E-state index contributed by atoms with van der Waals surface area (Å²) in [5.74, 6) is 0.879. The standard InChI is InChI=1S/C14H23N5/c1-2-3-4-5-6-7-8-9-15-13-12-10-18-19-14(12)17-11-16-13/h10-11H,2-9H2,1H3,(H2,15,16,17,18,19). The Bertz CT molecular complexity index is 479. The van der Waals surface area contributed by atoms with Crippen molar-refractivity contribution < 1.29 is 0 Å². The summed E-state index contributed by atoms with van der Waals surface area (Å²) in [7, 11) is 0. The van der Waals surface area contributed by atoms with E-state index in [9.17, 15) is 0 Å². The van der Waals surface area contributed by atoms with Crippen LogP contribution in [0.25, 0.3) is 11.0 Å².